The molecular formula is C19H24ClN5O4. The molecule has 0 aliphatic carbocycles. The highest BCUT2D eigenvalue weighted by Crippen LogP contribution is 2.28. The van der Waals surface area contributed by atoms with Gasteiger partial charge in [-0.3, -0.25) is 19.1 Å². The minimum atomic E-state index is -0.745. The third kappa shape index (κ3) is 5.12. The summed E-state index contributed by atoms with van der Waals surface area (Å²) < 4.78 is 6.20. The minimum absolute atomic E-state index is 0. The molecule has 1 aliphatic heterocycles. The van der Waals surface area contributed by atoms with Gasteiger partial charge in [0.15, 0.2) is 0 Å². The van der Waals surface area contributed by atoms with Gasteiger partial charge in [-0.05, 0) is 56.3 Å². The van der Waals surface area contributed by atoms with Crippen LogP contribution in [0.15, 0.2) is 42.7 Å². The number of nitrogens with zero attached hydrogens (tertiary/aromatic N) is 2. The Morgan fingerprint density at radius 1 is 1.21 bits per heavy atom. The van der Waals surface area contributed by atoms with Gasteiger partial charge in [-0.15, -0.1) is 12.4 Å². The number of amides is 2. The number of aromatic nitrogens is 2. The molecule has 2 amide bonds. The largest absolute Gasteiger partial charge is 0.468 e. The van der Waals surface area contributed by atoms with E-state index in [2.05, 4.69) is 25.8 Å². The van der Waals surface area contributed by atoms with Gasteiger partial charge in [-0.25, -0.2) is 0 Å². The van der Waals surface area contributed by atoms with Crippen LogP contribution in [0.2, 0.25) is 0 Å². The third-order valence-electron chi connectivity index (χ3n) is 4.82. The predicted molar refractivity (Wildman–Crippen MR) is 109 cm³/mol. The fraction of sp³-hybridized carbons (Fsp3) is 0.368. The molecule has 156 valence electrons. The zero-order chi connectivity index (χ0) is 20.0. The summed E-state index contributed by atoms with van der Waals surface area (Å²) in [6.07, 6.45) is 4.74. The molecule has 3 N–H and O–H groups in total. The number of rotatable bonds is 6. The molecule has 0 radical (unpaired) electrons. The summed E-state index contributed by atoms with van der Waals surface area (Å²) in [5.74, 6) is -1.06. The van der Waals surface area contributed by atoms with Crippen LogP contribution in [0.5, 0.6) is 0 Å². The van der Waals surface area contributed by atoms with Crippen LogP contribution in [-0.4, -0.2) is 54.3 Å². The van der Waals surface area contributed by atoms with Crippen LogP contribution in [0.25, 0.3) is 0 Å². The molecule has 0 spiro atoms. The van der Waals surface area contributed by atoms with Crippen molar-refractivity contribution >= 4 is 35.9 Å². The van der Waals surface area contributed by atoms with Gasteiger partial charge in [0.05, 0.1) is 7.11 Å². The molecule has 3 rings (SSSR count). The van der Waals surface area contributed by atoms with E-state index in [9.17, 15) is 14.4 Å². The Kier molecular flexibility index (Phi) is 7.74. The van der Waals surface area contributed by atoms with Crippen LogP contribution in [-0.2, 0) is 19.9 Å². The summed E-state index contributed by atoms with van der Waals surface area (Å²) in [5.41, 5.74) is 0.218. The summed E-state index contributed by atoms with van der Waals surface area (Å²) >= 11 is 0. The first-order chi connectivity index (χ1) is 13.5. The fourth-order valence-corrected chi connectivity index (χ4v) is 3.20. The van der Waals surface area contributed by atoms with Crippen molar-refractivity contribution in [1.82, 2.24) is 20.4 Å². The SMILES string of the molecule is COC(=O)CNC(=O)c1ccc(NC(=O)C2(n3cccn3)CCNCC2)cc1.Cl. The topological polar surface area (TPSA) is 114 Å². The predicted octanol–water partition coefficient (Wildman–Crippen LogP) is 0.925. The van der Waals surface area contributed by atoms with Gasteiger partial charge < -0.3 is 20.7 Å². The molecule has 2 heterocycles. The van der Waals surface area contributed by atoms with Crippen molar-refractivity contribution in [3.63, 3.8) is 0 Å². The van der Waals surface area contributed by atoms with E-state index in [1.165, 1.54) is 7.11 Å². The van der Waals surface area contributed by atoms with E-state index in [1.54, 1.807) is 47.4 Å². The van der Waals surface area contributed by atoms with Crippen molar-refractivity contribution in [3.05, 3.63) is 48.3 Å². The van der Waals surface area contributed by atoms with Crippen LogP contribution in [0.3, 0.4) is 0 Å². The number of halogens is 1. The van der Waals surface area contributed by atoms with Gasteiger partial charge in [-0.1, -0.05) is 0 Å². The van der Waals surface area contributed by atoms with E-state index >= 15 is 0 Å². The molecule has 1 aliphatic rings. The Balaban J connectivity index is 0.00000300. The summed E-state index contributed by atoms with van der Waals surface area (Å²) in [7, 11) is 1.25. The normalized spacial score (nSPS) is 14.9. The number of esters is 1. The Bertz CT molecular complexity index is 833. The number of anilines is 1. The van der Waals surface area contributed by atoms with Gasteiger partial charge in [-0.2, -0.15) is 5.10 Å². The molecule has 0 unspecified atom stereocenters. The van der Waals surface area contributed by atoms with Crippen LogP contribution in [0.4, 0.5) is 5.69 Å². The van der Waals surface area contributed by atoms with E-state index in [0.717, 1.165) is 13.1 Å². The van der Waals surface area contributed by atoms with Gasteiger partial charge in [0.25, 0.3) is 11.8 Å². The molecule has 10 heteroatoms. The Morgan fingerprint density at radius 3 is 2.48 bits per heavy atom. The van der Waals surface area contributed by atoms with E-state index in [0.29, 0.717) is 24.1 Å². The van der Waals surface area contributed by atoms with E-state index < -0.39 is 17.4 Å². The minimum Gasteiger partial charge on any atom is -0.468 e. The van der Waals surface area contributed by atoms with Crippen LogP contribution in [0, 0.1) is 0 Å². The maximum absolute atomic E-state index is 13.1. The molecule has 1 aromatic heterocycles. The first-order valence-electron chi connectivity index (χ1n) is 9.02. The van der Waals surface area contributed by atoms with E-state index in [1.807, 2.05) is 0 Å². The summed E-state index contributed by atoms with van der Waals surface area (Å²) in [4.78, 5) is 36.2. The second-order valence-corrected chi connectivity index (χ2v) is 6.52. The number of benzene rings is 1. The first kappa shape index (κ1) is 22.4. The molecule has 2 aromatic rings. The van der Waals surface area contributed by atoms with Crippen molar-refractivity contribution < 1.29 is 19.1 Å². The Labute approximate surface area is 174 Å². The number of hydrogen-bond acceptors (Lipinski definition) is 6. The summed E-state index contributed by atoms with van der Waals surface area (Å²) in [6.45, 7) is 1.26. The fourth-order valence-electron chi connectivity index (χ4n) is 3.20. The second kappa shape index (κ2) is 10.0. The van der Waals surface area contributed by atoms with Crippen molar-refractivity contribution in [1.29, 1.82) is 0 Å². The number of carbonyl (C=O) groups is 3. The first-order valence-corrected chi connectivity index (χ1v) is 9.02. The molecule has 29 heavy (non-hydrogen) atoms. The number of ether oxygens (including phenoxy) is 1. The monoisotopic (exact) mass is 421 g/mol. The van der Waals surface area contributed by atoms with Gasteiger partial charge in [0.2, 0.25) is 0 Å². The molecule has 1 saturated heterocycles. The highest BCUT2D eigenvalue weighted by atomic mass is 35.5. The zero-order valence-corrected chi connectivity index (χ0v) is 16.8. The average Bonchev–Trinajstić information content (AvgIpc) is 3.28. The zero-order valence-electron chi connectivity index (χ0n) is 16.0. The number of piperidine rings is 1. The maximum atomic E-state index is 13.1. The lowest BCUT2D eigenvalue weighted by atomic mass is 9.87. The molecular weight excluding hydrogens is 398 g/mol. The van der Waals surface area contributed by atoms with E-state index in [-0.39, 0.29) is 24.9 Å². The van der Waals surface area contributed by atoms with Crippen LogP contribution >= 0.6 is 12.4 Å². The molecule has 0 atom stereocenters. The number of hydrogen-bond donors (Lipinski definition) is 3. The molecule has 0 bridgehead atoms. The number of nitrogens with one attached hydrogen (secondary N) is 3. The highest BCUT2D eigenvalue weighted by Gasteiger charge is 2.42. The lowest BCUT2D eigenvalue weighted by Gasteiger charge is -2.36. The summed E-state index contributed by atoms with van der Waals surface area (Å²) in [6, 6.07) is 8.29. The maximum Gasteiger partial charge on any atom is 0.325 e. The molecule has 0 saturated carbocycles. The molecule has 9 nitrogen and oxygen atoms in total. The van der Waals surface area contributed by atoms with Crippen molar-refractivity contribution in [2.45, 2.75) is 18.4 Å². The van der Waals surface area contributed by atoms with E-state index in [4.69, 9.17) is 0 Å². The lowest BCUT2D eigenvalue weighted by molar-refractivity contribution is -0.139. The smallest absolute Gasteiger partial charge is 0.325 e. The number of carbonyl (C=O) groups excluding carboxylic acids is 3. The van der Waals surface area contributed by atoms with Crippen LogP contribution in [0.1, 0.15) is 23.2 Å². The molecule has 1 fully saturated rings. The molecule has 1 aromatic carbocycles. The van der Waals surface area contributed by atoms with Crippen molar-refractivity contribution in [2.75, 3.05) is 32.1 Å². The highest BCUT2D eigenvalue weighted by molar-refractivity contribution is 5.98. The lowest BCUT2D eigenvalue weighted by Crippen LogP contribution is -2.52. The number of methoxy groups -OCH3 is 1. The van der Waals surface area contributed by atoms with Gasteiger partial charge >= 0.3 is 5.97 Å². The Morgan fingerprint density at radius 2 is 1.90 bits per heavy atom. The quantitative estimate of drug-likeness (QED) is 0.598. The van der Waals surface area contributed by atoms with Gasteiger partial charge in [0.1, 0.15) is 12.1 Å². The average molecular weight is 422 g/mol. The summed E-state index contributed by atoms with van der Waals surface area (Å²) in [5, 5.41) is 13.0. The third-order valence-corrected chi connectivity index (χ3v) is 4.82. The van der Waals surface area contributed by atoms with Crippen LogP contribution < -0.4 is 16.0 Å². The van der Waals surface area contributed by atoms with Crippen molar-refractivity contribution in [3.8, 4) is 0 Å². The Hall–Kier alpha value is -2.91. The van der Waals surface area contributed by atoms with Gasteiger partial charge in [0, 0.05) is 23.6 Å². The van der Waals surface area contributed by atoms with Crippen molar-refractivity contribution in [2.24, 2.45) is 0 Å². The second-order valence-electron chi connectivity index (χ2n) is 6.52. The standard InChI is InChI=1S/C19H23N5O4.ClH/c1-28-16(25)13-21-17(26)14-3-5-15(6-4-14)23-18(27)19(7-10-20-11-8-19)24-12-2-9-22-24;/h2-6,9,12,20H,7-8,10-11,13H2,1H3,(H,21,26)(H,23,27);1H.